The molecule has 4 heteroatoms. The topological polar surface area (TPSA) is 32.9 Å². The van der Waals surface area contributed by atoms with Gasteiger partial charge in [0.15, 0.2) is 5.78 Å². The fraction of sp³-hybridized carbons (Fsp3) is 0.308. The lowest BCUT2D eigenvalue weighted by atomic mass is 9.87. The third-order valence-electron chi connectivity index (χ3n) is 3.48. The summed E-state index contributed by atoms with van der Waals surface area (Å²) in [6, 6.07) is 3.63. The van der Waals surface area contributed by atoms with Crippen LogP contribution in [0.4, 0.5) is 0 Å². The van der Waals surface area contributed by atoms with Gasteiger partial charge in [0, 0.05) is 16.8 Å². The minimum atomic E-state index is 0.0878. The summed E-state index contributed by atoms with van der Waals surface area (Å²) in [6.07, 6.45) is 1.75. The molecule has 0 saturated heterocycles. The number of aromatic nitrogens is 1. The summed E-state index contributed by atoms with van der Waals surface area (Å²) in [5.41, 5.74) is 2.63. The van der Waals surface area contributed by atoms with Crippen LogP contribution in [-0.4, -0.2) is 10.8 Å². The van der Waals surface area contributed by atoms with Crippen LogP contribution in [0.2, 0.25) is 10.0 Å². The van der Waals surface area contributed by atoms with Crippen LogP contribution < -0.4 is 0 Å². The van der Waals surface area contributed by atoms with Gasteiger partial charge in [-0.3, -0.25) is 4.79 Å². The largest absolute Gasteiger partial charge is 0.352 e. The molecule has 88 valence electrons. The van der Waals surface area contributed by atoms with Crippen molar-refractivity contribution in [1.82, 2.24) is 4.98 Å². The minimum absolute atomic E-state index is 0.0878. The fourth-order valence-corrected chi connectivity index (χ4v) is 2.92. The van der Waals surface area contributed by atoms with Gasteiger partial charge in [-0.15, -0.1) is 0 Å². The van der Waals surface area contributed by atoms with E-state index in [4.69, 9.17) is 23.2 Å². The van der Waals surface area contributed by atoms with E-state index in [1.165, 1.54) is 0 Å². The van der Waals surface area contributed by atoms with Crippen LogP contribution in [0.15, 0.2) is 12.1 Å². The first-order chi connectivity index (χ1) is 8.09. The number of benzene rings is 1. The molecule has 1 heterocycles. The molecule has 0 bridgehead atoms. The zero-order valence-corrected chi connectivity index (χ0v) is 10.8. The summed E-state index contributed by atoms with van der Waals surface area (Å²) in [4.78, 5) is 15.2. The second kappa shape index (κ2) is 3.76. The van der Waals surface area contributed by atoms with E-state index in [1.54, 1.807) is 6.07 Å². The van der Waals surface area contributed by atoms with Crippen molar-refractivity contribution in [3.63, 3.8) is 0 Å². The van der Waals surface area contributed by atoms with Crippen LogP contribution in [0.3, 0.4) is 0 Å². The number of aromatic amines is 1. The Labute approximate surface area is 109 Å². The van der Waals surface area contributed by atoms with Crippen molar-refractivity contribution in [2.24, 2.45) is 5.92 Å². The van der Waals surface area contributed by atoms with Gasteiger partial charge < -0.3 is 4.98 Å². The monoisotopic (exact) mass is 267 g/mol. The maximum Gasteiger partial charge on any atom is 0.182 e. The first-order valence-corrected chi connectivity index (χ1v) is 6.38. The second-order valence-electron chi connectivity index (χ2n) is 4.57. The summed E-state index contributed by atoms with van der Waals surface area (Å²) < 4.78 is 0. The minimum Gasteiger partial charge on any atom is -0.352 e. The van der Waals surface area contributed by atoms with Gasteiger partial charge in [-0.1, -0.05) is 30.1 Å². The Bertz CT molecular complexity index is 630. The molecule has 1 N–H and O–H groups in total. The van der Waals surface area contributed by atoms with Gasteiger partial charge in [-0.05, 0) is 30.5 Å². The predicted octanol–water partition coefficient (Wildman–Crippen LogP) is 4.24. The molecular formula is C13H11Cl2NO. The van der Waals surface area contributed by atoms with E-state index in [2.05, 4.69) is 4.98 Å². The number of fused-ring (bicyclic) bond motifs is 3. The highest BCUT2D eigenvalue weighted by Gasteiger charge is 2.28. The van der Waals surface area contributed by atoms with Gasteiger partial charge in [-0.25, -0.2) is 0 Å². The van der Waals surface area contributed by atoms with E-state index in [-0.39, 0.29) is 11.7 Å². The molecule has 0 radical (unpaired) electrons. The molecule has 0 amide bonds. The van der Waals surface area contributed by atoms with Crippen LogP contribution in [0.5, 0.6) is 0 Å². The Kier molecular flexibility index (Phi) is 2.46. The molecule has 1 atom stereocenters. The van der Waals surface area contributed by atoms with Crippen molar-refractivity contribution in [1.29, 1.82) is 0 Å². The summed E-state index contributed by atoms with van der Waals surface area (Å²) in [5, 5.41) is 1.99. The van der Waals surface area contributed by atoms with E-state index in [9.17, 15) is 4.79 Å². The van der Waals surface area contributed by atoms with Crippen LogP contribution >= 0.6 is 23.2 Å². The highest BCUT2D eigenvalue weighted by Crippen LogP contribution is 2.38. The van der Waals surface area contributed by atoms with Crippen molar-refractivity contribution in [3.05, 3.63) is 33.4 Å². The molecule has 0 spiro atoms. The van der Waals surface area contributed by atoms with Crippen molar-refractivity contribution in [3.8, 4) is 0 Å². The van der Waals surface area contributed by atoms with Crippen LogP contribution in [0, 0.1) is 5.92 Å². The van der Waals surface area contributed by atoms with E-state index in [0.717, 1.165) is 29.3 Å². The Morgan fingerprint density at radius 1 is 1.35 bits per heavy atom. The zero-order valence-electron chi connectivity index (χ0n) is 9.31. The maximum atomic E-state index is 12.1. The predicted molar refractivity (Wildman–Crippen MR) is 70.1 cm³/mol. The molecule has 2 aromatic rings. The third-order valence-corrected chi connectivity index (χ3v) is 4.28. The maximum absolute atomic E-state index is 12.1. The summed E-state index contributed by atoms with van der Waals surface area (Å²) in [5.74, 6) is 0.263. The van der Waals surface area contributed by atoms with Gasteiger partial charge in [-0.2, -0.15) is 0 Å². The number of nitrogens with one attached hydrogen (secondary N) is 1. The first kappa shape index (κ1) is 11.1. The Morgan fingerprint density at radius 3 is 2.88 bits per heavy atom. The third kappa shape index (κ3) is 1.51. The van der Waals surface area contributed by atoms with Gasteiger partial charge in [0.2, 0.25) is 0 Å². The number of hydrogen-bond acceptors (Lipinski definition) is 1. The molecule has 1 aliphatic rings. The summed E-state index contributed by atoms with van der Waals surface area (Å²) in [6.45, 7) is 1.96. The van der Waals surface area contributed by atoms with Gasteiger partial charge >= 0.3 is 0 Å². The Hall–Kier alpha value is -0.990. The second-order valence-corrected chi connectivity index (χ2v) is 5.35. The molecular weight excluding hydrogens is 257 g/mol. The summed E-state index contributed by atoms with van der Waals surface area (Å²) in [7, 11) is 0. The molecule has 0 fully saturated rings. The van der Waals surface area contributed by atoms with E-state index in [0.29, 0.717) is 15.7 Å². The number of aryl methyl sites for hydroxylation is 1. The van der Waals surface area contributed by atoms with Crippen molar-refractivity contribution in [2.75, 3.05) is 0 Å². The Balaban J connectivity index is 2.36. The van der Waals surface area contributed by atoms with E-state index < -0.39 is 0 Å². The SMILES string of the molecule is CC1CCc2c([nH]c3ccc(Cl)c(Cl)c23)C1=O. The Morgan fingerprint density at radius 2 is 2.12 bits per heavy atom. The normalized spacial score (nSPS) is 19.7. The zero-order chi connectivity index (χ0) is 12.2. The molecule has 1 aliphatic carbocycles. The van der Waals surface area contributed by atoms with Crippen LogP contribution in [0.25, 0.3) is 10.9 Å². The van der Waals surface area contributed by atoms with Gasteiger partial charge in [0.1, 0.15) is 0 Å². The van der Waals surface area contributed by atoms with E-state index >= 15 is 0 Å². The number of rotatable bonds is 0. The molecule has 0 saturated carbocycles. The van der Waals surface area contributed by atoms with Crippen molar-refractivity contribution in [2.45, 2.75) is 19.8 Å². The number of carbonyl (C=O) groups is 1. The molecule has 17 heavy (non-hydrogen) atoms. The number of Topliss-reactive ketones (excluding diaryl/α,β-unsaturated/α-hetero) is 1. The molecule has 1 aromatic carbocycles. The average molecular weight is 268 g/mol. The molecule has 2 nitrogen and oxygen atoms in total. The highest BCUT2D eigenvalue weighted by molar-refractivity contribution is 6.45. The number of hydrogen-bond donors (Lipinski definition) is 1. The molecule has 1 unspecified atom stereocenters. The van der Waals surface area contributed by atoms with E-state index in [1.807, 2.05) is 13.0 Å². The average Bonchev–Trinajstić information content (AvgIpc) is 2.69. The number of ketones is 1. The lowest BCUT2D eigenvalue weighted by Crippen LogP contribution is -2.19. The van der Waals surface area contributed by atoms with Crippen molar-refractivity contribution >= 4 is 39.9 Å². The fourth-order valence-electron chi connectivity index (χ4n) is 2.48. The smallest absolute Gasteiger partial charge is 0.182 e. The number of carbonyl (C=O) groups excluding carboxylic acids is 1. The number of halogens is 2. The highest BCUT2D eigenvalue weighted by atomic mass is 35.5. The van der Waals surface area contributed by atoms with Gasteiger partial charge in [0.05, 0.1) is 15.7 Å². The lowest BCUT2D eigenvalue weighted by molar-refractivity contribution is 0.0909. The molecule has 0 aliphatic heterocycles. The first-order valence-electron chi connectivity index (χ1n) is 5.62. The van der Waals surface area contributed by atoms with Gasteiger partial charge in [0.25, 0.3) is 0 Å². The molecule has 3 rings (SSSR count). The summed E-state index contributed by atoms with van der Waals surface area (Å²) >= 11 is 12.2. The van der Waals surface area contributed by atoms with Crippen LogP contribution in [-0.2, 0) is 6.42 Å². The van der Waals surface area contributed by atoms with Crippen molar-refractivity contribution < 1.29 is 4.79 Å². The lowest BCUT2D eigenvalue weighted by Gasteiger charge is -2.16. The van der Waals surface area contributed by atoms with Crippen LogP contribution in [0.1, 0.15) is 29.4 Å². The molecule has 1 aromatic heterocycles. The number of H-pyrrole nitrogens is 1. The quantitative estimate of drug-likeness (QED) is 0.761. The standard InChI is InChI=1S/C13H11Cl2NO/c1-6-2-3-7-10-9(16-12(7)13(6)17)5-4-8(14)11(10)15/h4-6,16H,2-3H2,1H3.